The van der Waals surface area contributed by atoms with Crippen LogP contribution in [0, 0.1) is 0 Å². The lowest BCUT2D eigenvalue weighted by Gasteiger charge is -2.33. The minimum atomic E-state index is -1.36. The van der Waals surface area contributed by atoms with Gasteiger partial charge in [0.05, 0.1) is 19.8 Å². The van der Waals surface area contributed by atoms with Crippen LogP contribution >= 0.6 is 0 Å². The first kappa shape index (κ1) is 23.2. The van der Waals surface area contributed by atoms with Crippen molar-refractivity contribution in [2.45, 2.75) is 24.7 Å². The standard InChI is InChI=1S/C28H31NO4/c1-29-18-17-26(21-29)33-27(30)28(24-13-7-3-8-14-24,25-15-9-4-10-16-25)32-20-19-31-22-23-11-5-2-6-12-23/h2-16,26H,17-22H2,1H3. The summed E-state index contributed by atoms with van der Waals surface area (Å²) in [4.78, 5) is 16.0. The Bertz CT molecular complexity index is 955. The normalized spacial score (nSPS) is 16.6. The zero-order chi connectivity index (χ0) is 22.9. The number of carbonyl (C=O) groups is 1. The van der Waals surface area contributed by atoms with E-state index in [9.17, 15) is 4.79 Å². The molecule has 0 bridgehead atoms. The highest BCUT2D eigenvalue weighted by molar-refractivity contribution is 5.86. The number of benzene rings is 3. The third-order valence-corrected chi connectivity index (χ3v) is 5.93. The first-order chi connectivity index (χ1) is 16.2. The highest BCUT2D eigenvalue weighted by Crippen LogP contribution is 2.36. The highest BCUT2D eigenvalue weighted by Gasteiger charge is 2.46. The lowest BCUT2D eigenvalue weighted by Crippen LogP contribution is -2.44. The summed E-state index contributed by atoms with van der Waals surface area (Å²) in [6, 6.07) is 29.2. The first-order valence-electron chi connectivity index (χ1n) is 11.4. The van der Waals surface area contributed by atoms with Crippen LogP contribution in [0.3, 0.4) is 0 Å². The number of likely N-dealkylation sites (N-methyl/N-ethyl adjacent to an activating group) is 1. The van der Waals surface area contributed by atoms with E-state index < -0.39 is 5.60 Å². The monoisotopic (exact) mass is 445 g/mol. The van der Waals surface area contributed by atoms with E-state index in [4.69, 9.17) is 14.2 Å². The fourth-order valence-electron chi connectivity index (χ4n) is 4.22. The average molecular weight is 446 g/mol. The van der Waals surface area contributed by atoms with Crippen molar-refractivity contribution in [1.29, 1.82) is 0 Å². The number of nitrogens with zero attached hydrogens (tertiary/aromatic N) is 1. The summed E-state index contributed by atoms with van der Waals surface area (Å²) in [5, 5.41) is 0. The fourth-order valence-corrected chi connectivity index (χ4v) is 4.22. The van der Waals surface area contributed by atoms with Crippen molar-refractivity contribution in [3.8, 4) is 0 Å². The molecule has 3 aromatic rings. The molecule has 0 aliphatic carbocycles. The van der Waals surface area contributed by atoms with E-state index in [1.807, 2.05) is 98.0 Å². The van der Waals surface area contributed by atoms with Gasteiger partial charge in [0.1, 0.15) is 6.10 Å². The number of carbonyl (C=O) groups excluding carboxylic acids is 1. The summed E-state index contributed by atoms with van der Waals surface area (Å²) >= 11 is 0. The van der Waals surface area contributed by atoms with Crippen LogP contribution in [0.15, 0.2) is 91.0 Å². The summed E-state index contributed by atoms with van der Waals surface area (Å²) in [5.41, 5.74) is 1.23. The molecule has 0 aromatic heterocycles. The lowest BCUT2D eigenvalue weighted by molar-refractivity contribution is -0.175. The largest absolute Gasteiger partial charge is 0.458 e. The minimum absolute atomic E-state index is 0.146. The van der Waals surface area contributed by atoms with Crippen LogP contribution in [0.1, 0.15) is 23.1 Å². The molecule has 0 amide bonds. The van der Waals surface area contributed by atoms with Crippen LogP contribution in [0.25, 0.3) is 0 Å². The van der Waals surface area contributed by atoms with Gasteiger partial charge < -0.3 is 19.1 Å². The molecule has 0 N–H and O–H groups in total. The van der Waals surface area contributed by atoms with Crippen molar-refractivity contribution in [2.75, 3.05) is 33.4 Å². The molecule has 1 aliphatic heterocycles. The van der Waals surface area contributed by atoms with Gasteiger partial charge in [0.2, 0.25) is 5.60 Å². The molecule has 1 atom stereocenters. The molecular weight excluding hydrogens is 414 g/mol. The number of rotatable bonds is 10. The quantitative estimate of drug-likeness (QED) is 0.342. The van der Waals surface area contributed by atoms with Crippen LogP contribution in [0.2, 0.25) is 0 Å². The van der Waals surface area contributed by atoms with Crippen LogP contribution in [0.5, 0.6) is 0 Å². The van der Waals surface area contributed by atoms with Crippen molar-refractivity contribution in [1.82, 2.24) is 4.90 Å². The Kier molecular flexibility index (Phi) is 7.89. The van der Waals surface area contributed by atoms with Gasteiger partial charge in [0.15, 0.2) is 0 Å². The summed E-state index contributed by atoms with van der Waals surface area (Å²) in [6.07, 6.45) is 0.675. The predicted molar refractivity (Wildman–Crippen MR) is 128 cm³/mol. The van der Waals surface area contributed by atoms with E-state index in [0.717, 1.165) is 36.2 Å². The van der Waals surface area contributed by atoms with Crippen molar-refractivity contribution >= 4 is 5.97 Å². The Morgan fingerprint density at radius 2 is 1.45 bits per heavy atom. The second kappa shape index (κ2) is 11.2. The Balaban J connectivity index is 1.56. The summed E-state index contributed by atoms with van der Waals surface area (Å²) < 4.78 is 18.3. The lowest BCUT2D eigenvalue weighted by atomic mass is 9.86. The zero-order valence-electron chi connectivity index (χ0n) is 19.1. The van der Waals surface area contributed by atoms with Crippen LogP contribution in [-0.2, 0) is 31.2 Å². The van der Waals surface area contributed by atoms with Gasteiger partial charge in [-0.15, -0.1) is 0 Å². The van der Waals surface area contributed by atoms with Crippen molar-refractivity contribution in [3.63, 3.8) is 0 Å². The smallest absolute Gasteiger partial charge is 0.348 e. The molecule has 3 aromatic carbocycles. The van der Waals surface area contributed by atoms with Gasteiger partial charge in [-0.05, 0) is 30.2 Å². The number of likely N-dealkylation sites (tertiary alicyclic amines) is 1. The topological polar surface area (TPSA) is 48.0 Å². The summed E-state index contributed by atoms with van der Waals surface area (Å²) in [5.74, 6) is -0.386. The van der Waals surface area contributed by atoms with E-state index in [-0.39, 0.29) is 18.7 Å². The molecule has 33 heavy (non-hydrogen) atoms. The summed E-state index contributed by atoms with van der Waals surface area (Å²) in [6.45, 7) is 2.74. The van der Waals surface area contributed by atoms with E-state index in [1.54, 1.807) is 0 Å². The Morgan fingerprint density at radius 1 is 0.879 bits per heavy atom. The molecular formula is C28H31NO4. The molecule has 1 unspecified atom stereocenters. The average Bonchev–Trinajstić information content (AvgIpc) is 3.27. The molecule has 0 radical (unpaired) electrons. The zero-order valence-corrected chi connectivity index (χ0v) is 19.1. The molecule has 1 saturated heterocycles. The maximum Gasteiger partial charge on any atom is 0.348 e. The molecule has 0 saturated carbocycles. The second-order valence-electron chi connectivity index (χ2n) is 8.38. The molecule has 1 heterocycles. The number of esters is 1. The van der Waals surface area contributed by atoms with Crippen LogP contribution in [0.4, 0.5) is 0 Å². The van der Waals surface area contributed by atoms with Gasteiger partial charge >= 0.3 is 5.97 Å². The Morgan fingerprint density at radius 3 is 2.00 bits per heavy atom. The molecule has 1 fully saturated rings. The first-order valence-corrected chi connectivity index (χ1v) is 11.4. The highest BCUT2D eigenvalue weighted by atomic mass is 16.6. The molecule has 5 heteroatoms. The van der Waals surface area contributed by atoms with E-state index in [0.29, 0.717) is 13.2 Å². The molecule has 172 valence electrons. The third-order valence-electron chi connectivity index (χ3n) is 5.93. The Hall–Kier alpha value is -2.99. The molecule has 0 spiro atoms. The maximum atomic E-state index is 13.8. The molecule has 4 rings (SSSR count). The van der Waals surface area contributed by atoms with E-state index in [1.165, 1.54) is 0 Å². The Labute approximate surface area is 195 Å². The predicted octanol–water partition coefficient (Wildman–Crippen LogP) is 4.41. The number of ether oxygens (including phenoxy) is 3. The van der Waals surface area contributed by atoms with E-state index >= 15 is 0 Å². The molecule has 5 nitrogen and oxygen atoms in total. The second-order valence-corrected chi connectivity index (χ2v) is 8.38. The number of hydrogen-bond donors (Lipinski definition) is 0. The van der Waals surface area contributed by atoms with Gasteiger partial charge in [0.25, 0.3) is 0 Å². The summed E-state index contributed by atoms with van der Waals surface area (Å²) in [7, 11) is 2.04. The van der Waals surface area contributed by atoms with Gasteiger partial charge in [0, 0.05) is 13.1 Å². The SMILES string of the molecule is CN1CCC(OC(=O)C(OCCOCc2ccccc2)(c2ccccc2)c2ccccc2)C1. The van der Waals surface area contributed by atoms with Crippen molar-refractivity contribution in [3.05, 3.63) is 108 Å². The molecule has 1 aliphatic rings. The fraction of sp³-hybridized carbons (Fsp3) is 0.321. The van der Waals surface area contributed by atoms with Gasteiger partial charge in [-0.3, -0.25) is 0 Å². The van der Waals surface area contributed by atoms with Gasteiger partial charge in [-0.1, -0.05) is 91.0 Å². The van der Waals surface area contributed by atoms with Gasteiger partial charge in [-0.25, -0.2) is 4.79 Å². The van der Waals surface area contributed by atoms with Crippen molar-refractivity contribution in [2.24, 2.45) is 0 Å². The van der Waals surface area contributed by atoms with Crippen LogP contribution < -0.4 is 0 Å². The third kappa shape index (κ3) is 5.69. The van der Waals surface area contributed by atoms with Gasteiger partial charge in [-0.2, -0.15) is 0 Å². The number of hydrogen-bond acceptors (Lipinski definition) is 5. The maximum absolute atomic E-state index is 13.8. The van der Waals surface area contributed by atoms with Crippen LogP contribution in [-0.4, -0.2) is 50.3 Å². The van der Waals surface area contributed by atoms with Crippen molar-refractivity contribution < 1.29 is 19.0 Å². The minimum Gasteiger partial charge on any atom is -0.458 e. The van der Waals surface area contributed by atoms with E-state index in [2.05, 4.69) is 4.90 Å².